The summed E-state index contributed by atoms with van der Waals surface area (Å²) in [6.07, 6.45) is 0.665. The molecule has 0 saturated carbocycles. The highest BCUT2D eigenvalue weighted by Crippen LogP contribution is 2.33. The Labute approximate surface area is 195 Å². The summed E-state index contributed by atoms with van der Waals surface area (Å²) in [5.74, 6) is 0.939. The van der Waals surface area contributed by atoms with Gasteiger partial charge in [0.2, 0.25) is 5.91 Å². The Hall–Kier alpha value is -3.19. The lowest BCUT2D eigenvalue weighted by Gasteiger charge is -2.36. The SMILES string of the molecule is COc1ccc(C2CC(c3ccccc3)=NN2C(=O)CN2CCN(C(=O)C(C)C)CC2)cc1. The molecule has 174 valence electrons. The van der Waals surface area contributed by atoms with Crippen molar-refractivity contribution in [2.45, 2.75) is 26.3 Å². The van der Waals surface area contributed by atoms with Crippen LogP contribution in [0.4, 0.5) is 0 Å². The van der Waals surface area contributed by atoms with Crippen LogP contribution < -0.4 is 4.74 Å². The molecule has 2 amide bonds. The zero-order valence-corrected chi connectivity index (χ0v) is 19.6. The summed E-state index contributed by atoms with van der Waals surface area (Å²) < 4.78 is 5.29. The van der Waals surface area contributed by atoms with E-state index in [9.17, 15) is 9.59 Å². The molecule has 1 saturated heterocycles. The first-order chi connectivity index (χ1) is 16.0. The van der Waals surface area contributed by atoms with Crippen LogP contribution in [0, 0.1) is 5.92 Å². The van der Waals surface area contributed by atoms with Crippen molar-refractivity contribution in [2.75, 3.05) is 39.8 Å². The molecule has 0 bridgehead atoms. The second-order valence-corrected chi connectivity index (χ2v) is 8.90. The fourth-order valence-electron chi connectivity index (χ4n) is 4.39. The van der Waals surface area contributed by atoms with E-state index in [4.69, 9.17) is 9.84 Å². The van der Waals surface area contributed by atoms with Crippen LogP contribution in [0.5, 0.6) is 5.75 Å². The van der Waals surface area contributed by atoms with Crippen LogP contribution in [0.2, 0.25) is 0 Å². The summed E-state index contributed by atoms with van der Waals surface area (Å²) in [5, 5.41) is 6.42. The van der Waals surface area contributed by atoms with Gasteiger partial charge in [-0.15, -0.1) is 0 Å². The summed E-state index contributed by atoms with van der Waals surface area (Å²) in [6, 6.07) is 17.7. The number of benzene rings is 2. The molecule has 0 spiro atoms. The number of carbonyl (C=O) groups excluding carboxylic acids is 2. The van der Waals surface area contributed by atoms with E-state index in [-0.39, 0.29) is 23.8 Å². The number of methoxy groups -OCH3 is 1. The van der Waals surface area contributed by atoms with Gasteiger partial charge >= 0.3 is 0 Å². The standard InChI is InChI=1S/C26H32N4O3/c1-19(2)26(32)29-15-13-28(14-16-29)18-25(31)30-24(21-9-11-22(33-3)12-10-21)17-23(27-30)20-7-5-4-6-8-20/h4-12,19,24H,13-18H2,1-3H3. The molecule has 0 aromatic heterocycles. The summed E-state index contributed by atoms with van der Waals surface area (Å²) in [4.78, 5) is 29.7. The Morgan fingerprint density at radius 3 is 2.27 bits per heavy atom. The van der Waals surface area contributed by atoms with Gasteiger partial charge in [0.05, 0.1) is 25.4 Å². The zero-order valence-electron chi connectivity index (χ0n) is 19.6. The largest absolute Gasteiger partial charge is 0.497 e. The Balaban J connectivity index is 1.48. The van der Waals surface area contributed by atoms with E-state index in [1.807, 2.05) is 73.3 Å². The van der Waals surface area contributed by atoms with E-state index in [1.165, 1.54) is 0 Å². The molecule has 2 aromatic carbocycles. The molecule has 2 heterocycles. The van der Waals surface area contributed by atoms with Crippen molar-refractivity contribution in [1.82, 2.24) is 14.8 Å². The van der Waals surface area contributed by atoms with Crippen molar-refractivity contribution in [3.8, 4) is 5.75 Å². The van der Waals surface area contributed by atoms with Crippen LogP contribution in [0.3, 0.4) is 0 Å². The quantitative estimate of drug-likeness (QED) is 0.681. The third kappa shape index (κ3) is 5.25. The highest BCUT2D eigenvalue weighted by atomic mass is 16.5. The normalized spacial score (nSPS) is 19.0. The van der Waals surface area contributed by atoms with Crippen molar-refractivity contribution in [3.05, 3.63) is 65.7 Å². The van der Waals surface area contributed by atoms with Crippen LogP contribution in [-0.2, 0) is 9.59 Å². The van der Waals surface area contributed by atoms with Crippen LogP contribution in [0.15, 0.2) is 59.7 Å². The van der Waals surface area contributed by atoms with E-state index in [1.54, 1.807) is 12.1 Å². The molecule has 2 aromatic rings. The molecule has 0 radical (unpaired) electrons. The summed E-state index contributed by atoms with van der Waals surface area (Å²) in [5.41, 5.74) is 2.98. The number of rotatable bonds is 6. The number of hydrazone groups is 1. The third-order valence-corrected chi connectivity index (χ3v) is 6.31. The second kappa shape index (κ2) is 10.2. The van der Waals surface area contributed by atoms with Gasteiger partial charge in [-0.3, -0.25) is 14.5 Å². The molecule has 2 aliphatic heterocycles. The van der Waals surface area contributed by atoms with Crippen LogP contribution in [-0.4, -0.2) is 72.2 Å². The smallest absolute Gasteiger partial charge is 0.257 e. The summed E-state index contributed by atoms with van der Waals surface area (Å²) >= 11 is 0. The fourth-order valence-corrected chi connectivity index (χ4v) is 4.39. The maximum atomic E-state index is 13.4. The number of amides is 2. The molecule has 0 aliphatic carbocycles. The fraction of sp³-hybridized carbons (Fsp3) is 0.423. The van der Waals surface area contributed by atoms with E-state index in [0.717, 1.165) is 22.6 Å². The number of carbonyl (C=O) groups is 2. The lowest BCUT2D eigenvalue weighted by Crippen LogP contribution is -2.52. The number of hydrogen-bond acceptors (Lipinski definition) is 5. The first-order valence-electron chi connectivity index (χ1n) is 11.6. The van der Waals surface area contributed by atoms with Crippen LogP contribution in [0.25, 0.3) is 0 Å². The molecule has 33 heavy (non-hydrogen) atoms. The minimum Gasteiger partial charge on any atom is -0.497 e. The molecule has 1 fully saturated rings. The van der Waals surface area contributed by atoms with Gasteiger partial charge in [-0.05, 0) is 23.3 Å². The van der Waals surface area contributed by atoms with Gasteiger partial charge in [-0.1, -0.05) is 56.3 Å². The monoisotopic (exact) mass is 448 g/mol. The predicted octanol–water partition coefficient (Wildman–Crippen LogP) is 3.17. The lowest BCUT2D eigenvalue weighted by molar-refractivity contribution is -0.138. The van der Waals surface area contributed by atoms with Crippen LogP contribution >= 0.6 is 0 Å². The van der Waals surface area contributed by atoms with Gasteiger partial charge in [-0.2, -0.15) is 5.10 Å². The summed E-state index contributed by atoms with van der Waals surface area (Å²) in [7, 11) is 1.64. The molecule has 1 atom stereocenters. The Kier molecular flexibility index (Phi) is 7.08. The van der Waals surface area contributed by atoms with Gasteiger partial charge in [0.1, 0.15) is 5.75 Å². The maximum Gasteiger partial charge on any atom is 0.257 e. The van der Waals surface area contributed by atoms with Gasteiger partial charge in [0.25, 0.3) is 5.91 Å². The maximum absolute atomic E-state index is 13.4. The highest BCUT2D eigenvalue weighted by Gasteiger charge is 2.34. The summed E-state index contributed by atoms with van der Waals surface area (Å²) in [6.45, 7) is 6.85. The third-order valence-electron chi connectivity index (χ3n) is 6.31. The molecule has 7 heteroatoms. The Morgan fingerprint density at radius 2 is 1.67 bits per heavy atom. The molecule has 7 nitrogen and oxygen atoms in total. The minimum absolute atomic E-state index is 0.00113. The number of piperazine rings is 1. The highest BCUT2D eigenvalue weighted by molar-refractivity contribution is 6.03. The lowest BCUT2D eigenvalue weighted by atomic mass is 9.98. The average Bonchev–Trinajstić information content (AvgIpc) is 3.30. The molecular weight excluding hydrogens is 416 g/mol. The molecular formula is C26H32N4O3. The molecule has 1 unspecified atom stereocenters. The molecule has 2 aliphatic rings. The van der Waals surface area contributed by atoms with Gasteiger partial charge in [0.15, 0.2) is 0 Å². The van der Waals surface area contributed by atoms with E-state index in [0.29, 0.717) is 39.1 Å². The second-order valence-electron chi connectivity index (χ2n) is 8.90. The molecule has 4 rings (SSSR count). The van der Waals surface area contributed by atoms with Gasteiger partial charge < -0.3 is 9.64 Å². The number of nitrogens with zero attached hydrogens (tertiary/aromatic N) is 4. The van der Waals surface area contributed by atoms with Crippen molar-refractivity contribution in [3.63, 3.8) is 0 Å². The van der Waals surface area contributed by atoms with Crippen molar-refractivity contribution in [1.29, 1.82) is 0 Å². The topological polar surface area (TPSA) is 65.5 Å². The van der Waals surface area contributed by atoms with Crippen molar-refractivity contribution in [2.24, 2.45) is 11.0 Å². The predicted molar refractivity (Wildman–Crippen MR) is 128 cm³/mol. The van der Waals surface area contributed by atoms with E-state index >= 15 is 0 Å². The zero-order chi connectivity index (χ0) is 23.4. The number of hydrogen-bond donors (Lipinski definition) is 0. The van der Waals surface area contributed by atoms with Crippen LogP contribution in [0.1, 0.15) is 37.4 Å². The minimum atomic E-state index is -0.151. The first kappa shape index (κ1) is 23.0. The Morgan fingerprint density at radius 1 is 1.00 bits per heavy atom. The van der Waals surface area contributed by atoms with Gasteiger partial charge in [-0.25, -0.2) is 5.01 Å². The number of ether oxygens (including phenoxy) is 1. The Bertz CT molecular complexity index is 996. The average molecular weight is 449 g/mol. The molecule has 0 N–H and O–H groups in total. The van der Waals surface area contributed by atoms with E-state index < -0.39 is 0 Å². The van der Waals surface area contributed by atoms with Gasteiger partial charge in [0, 0.05) is 38.5 Å². The van der Waals surface area contributed by atoms with E-state index in [2.05, 4.69) is 4.90 Å². The van der Waals surface area contributed by atoms with Crippen molar-refractivity contribution >= 4 is 17.5 Å². The van der Waals surface area contributed by atoms with Crippen molar-refractivity contribution < 1.29 is 14.3 Å². The first-order valence-corrected chi connectivity index (χ1v) is 11.6.